The highest BCUT2D eigenvalue weighted by atomic mass is 19.1. The monoisotopic (exact) mass is 296 g/mol. The molecule has 0 bridgehead atoms. The lowest BCUT2D eigenvalue weighted by atomic mass is 9.92. The zero-order chi connectivity index (χ0) is 16.2. The highest BCUT2D eigenvalue weighted by Crippen LogP contribution is 2.15. The largest absolute Gasteiger partial charge is 0.388 e. The Labute approximate surface area is 123 Å². The van der Waals surface area contributed by atoms with Crippen molar-refractivity contribution in [3.05, 3.63) is 29.6 Å². The molecule has 0 fully saturated rings. The average Bonchev–Trinajstić information content (AvgIpc) is 2.40. The van der Waals surface area contributed by atoms with Crippen molar-refractivity contribution in [2.24, 2.45) is 5.92 Å². The summed E-state index contributed by atoms with van der Waals surface area (Å²) in [5.74, 6) is -2.32. The van der Waals surface area contributed by atoms with Crippen molar-refractivity contribution >= 4 is 17.5 Å². The predicted octanol–water partition coefficient (Wildman–Crippen LogP) is 1.60. The third-order valence-electron chi connectivity index (χ3n) is 3.49. The summed E-state index contributed by atoms with van der Waals surface area (Å²) < 4.78 is 13.3. The molecule has 1 atom stereocenters. The van der Waals surface area contributed by atoms with E-state index in [2.05, 4.69) is 10.6 Å². The minimum atomic E-state index is -1.11. The fraction of sp³-hybridized carbons (Fsp3) is 0.467. The van der Waals surface area contributed by atoms with Crippen molar-refractivity contribution in [1.82, 2.24) is 5.32 Å². The van der Waals surface area contributed by atoms with Crippen LogP contribution in [0.2, 0.25) is 0 Å². The second-order valence-corrected chi connectivity index (χ2v) is 5.61. The van der Waals surface area contributed by atoms with Gasteiger partial charge in [0.1, 0.15) is 5.82 Å². The number of halogens is 1. The minimum absolute atomic E-state index is 0.0425. The lowest BCUT2D eigenvalue weighted by molar-refractivity contribution is -0.137. The van der Waals surface area contributed by atoms with E-state index in [0.717, 1.165) is 6.07 Å². The molecule has 1 rings (SSSR count). The molecular formula is C15H21FN2O3. The third-order valence-corrected chi connectivity index (χ3v) is 3.49. The zero-order valence-corrected chi connectivity index (χ0v) is 12.7. The highest BCUT2D eigenvalue weighted by Gasteiger charge is 2.26. The molecule has 0 aromatic heterocycles. The summed E-state index contributed by atoms with van der Waals surface area (Å²) in [5, 5.41) is 14.6. The number of carbonyl (C=O) groups excluding carboxylic acids is 2. The molecule has 21 heavy (non-hydrogen) atoms. The topological polar surface area (TPSA) is 78.4 Å². The molecule has 1 aromatic carbocycles. The van der Waals surface area contributed by atoms with Gasteiger partial charge in [-0.05, 0) is 37.5 Å². The Morgan fingerprint density at radius 2 is 1.95 bits per heavy atom. The van der Waals surface area contributed by atoms with Crippen molar-refractivity contribution in [2.75, 3.05) is 11.9 Å². The van der Waals surface area contributed by atoms with E-state index in [9.17, 15) is 19.1 Å². The molecule has 6 heteroatoms. The van der Waals surface area contributed by atoms with E-state index in [0.29, 0.717) is 5.56 Å². The first kappa shape index (κ1) is 17.1. The molecule has 0 saturated heterocycles. The van der Waals surface area contributed by atoms with Crippen molar-refractivity contribution in [3.63, 3.8) is 0 Å². The number of anilines is 1. The normalized spacial score (nSPS) is 13.7. The molecule has 0 aliphatic heterocycles. The van der Waals surface area contributed by atoms with Gasteiger partial charge >= 0.3 is 11.8 Å². The number of benzene rings is 1. The van der Waals surface area contributed by atoms with Gasteiger partial charge in [-0.1, -0.05) is 19.9 Å². The molecule has 0 aliphatic rings. The van der Waals surface area contributed by atoms with E-state index in [1.54, 1.807) is 27.7 Å². The van der Waals surface area contributed by atoms with Crippen molar-refractivity contribution < 1.29 is 19.1 Å². The second-order valence-electron chi connectivity index (χ2n) is 5.61. The van der Waals surface area contributed by atoms with Crippen LogP contribution in [0.3, 0.4) is 0 Å². The molecule has 0 radical (unpaired) electrons. The van der Waals surface area contributed by atoms with E-state index < -0.39 is 23.2 Å². The molecule has 3 N–H and O–H groups in total. The highest BCUT2D eigenvalue weighted by molar-refractivity contribution is 6.39. The van der Waals surface area contributed by atoms with Crippen molar-refractivity contribution in [1.29, 1.82) is 0 Å². The maximum absolute atomic E-state index is 13.3. The molecule has 0 aliphatic carbocycles. The lowest BCUT2D eigenvalue weighted by Gasteiger charge is -2.27. The Kier molecular flexibility index (Phi) is 5.43. The maximum atomic E-state index is 13.3. The smallest absolute Gasteiger partial charge is 0.313 e. The predicted molar refractivity (Wildman–Crippen MR) is 78.2 cm³/mol. The quantitative estimate of drug-likeness (QED) is 0.738. The zero-order valence-electron chi connectivity index (χ0n) is 12.7. The van der Waals surface area contributed by atoms with Gasteiger partial charge in [0.25, 0.3) is 0 Å². The minimum Gasteiger partial charge on any atom is -0.388 e. The Balaban J connectivity index is 2.59. The van der Waals surface area contributed by atoms with Crippen LogP contribution in [-0.4, -0.2) is 29.1 Å². The van der Waals surface area contributed by atoms with Gasteiger partial charge in [-0.3, -0.25) is 9.59 Å². The van der Waals surface area contributed by atoms with Crippen LogP contribution in [-0.2, 0) is 9.59 Å². The number of rotatable bonds is 4. The fourth-order valence-electron chi connectivity index (χ4n) is 1.40. The average molecular weight is 296 g/mol. The number of amides is 2. The Hall–Kier alpha value is -1.95. The van der Waals surface area contributed by atoms with Gasteiger partial charge in [0.2, 0.25) is 0 Å². The summed E-state index contributed by atoms with van der Waals surface area (Å²) >= 11 is 0. The van der Waals surface area contributed by atoms with Crippen LogP contribution >= 0.6 is 0 Å². The summed E-state index contributed by atoms with van der Waals surface area (Å²) in [7, 11) is 0. The van der Waals surface area contributed by atoms with Crippen LogP contribution in [0.1, 0.15) is 26.3 Å². The SMILES string of the molecule is Cc1ccc(NC(=O)C(=O)NCC(C)(O)C(C)C)cc1F. The van der Waals surface area contributed by atoms with E-state index in [1.807, 2.05) is 0 Å². The van der Waals surface area contributed by atoms with Gasteiger partial charge < -0.3 is 15.7 Å². The summed E-state index contributed by atoms with van der Waals surface area (Å²) in [6, 6.07) is 4.16. The molecular weight excluding hydrogens is 275 g/mol. The van der Waals surface area contributed by atoms with Crippen LogP contribution in [0.4, 0.5) is 10.1 Å². The molecule has 0 heterocycles. The molecule has 0 spiro atoms. The maximum Gasteiger partial charge on any atom is 0.313 e. The third kappa shape index (κ3) is 4.82. The van der Waals surface area contributed by atoms with E-state index >= 15 is 0 Å². The van der Waals surface area contributed by atoms with Gasteiger partial charge in [-0.2, -0.15) is 0 Å². The fourth-order valence-corrected chi connectivity index (χ4v) is 1.40. The van der Waals surface area contributed by atoms with Gasteiger partial charge in [0, 0.05) is 12.2 Å². The number of carbonyl (C=O) groups is 2. The molecule has 116 valence electrons. The summed E-state index contributed by atoms with van der Waals surface area (Å²) in [4.78, 5) is 23.3. The van der Waals surface area contributed by atoms with Gasteiger partial charge in [-0.15, -0.1) is 0 Å². The Bertz CT molecular complexity index is 542. The van der Waals surface area contributed by atoms with Crippen LogP contribution in [0.25, 0.3) is 0 Å². The van der Waals surface area contributed by atoms with Crippen LogP contribution < -0.4 is 10.6 Å². The van der Waals surface area contributed by atoms with Crippen molar-refractivity contribution in [2.45, 2.75) is 33.3 Å². The van der Waals surface area contributed by atoms with E-state index in [4.69, 9.17) is 0 Å². The first-order valence-corrected chi connectivity index (χ1v) is 6.71. The number of hydrogen-bond donors (Lipinski definition) is 3. The standard InChI is InChI=1S/C15H21FN2O3/c1-9(2)15(4,21)8-17-13(19)14(20)18-11-6-5-10(3)12(16)7-11/h5-7,9,21H,8H2,1-4H3,(H,17,19)(H,18,20). The van der Waals surface area contributed by atoms with Crippen LogP contribution in [0.15, 0.2) is 18.2 Å². The van der Waals surface area contributed by atoms with Crippen molar-refractivity contribution in [3.8, 4) is 0 Å². The molecule has 1 unspecified atom stereocenters. The Morgan fingerprint density at radius 1 is 1.33 bits per heavy atom. The van der Waals surface area contributed by atoms with Gasteiger partial charge in [-0.25, -0.2) is 4.39 Å². The molecule has 2 amide bonds. The van der Waals surface area contributed by atoms with Gasteiger partial charge in [0.05, 0.1) is 5.60 Å². The number of aliphatic hydroxyl groups is 1. The summed E-state index contributed by atoms with van der Waals surface area (Å²) in [6.45, 7) is 6.74. The van der Waals surface area contributed by atoms with Gasteiger partial charge in [0.15, 0.2) is 0 Å². The summed E-state index contributed by atoms with van der Waals surface area (Å²) in [5.41, 5.74) is -0.453. The summed E-state index contributed by atoms with van der Waals surface area (Å²) in [6.07, 6.45) is 0. The number of nitrogens with one attached hydrogen (secondary N) is 2. The van der Waals surface area contributed by atoms with E-state index in [-0.39, 0.29) is 18.2 Å². The van der Waals surface area contributed by atoms with E-state index in [1.165, 1.54) is 12.1 Å². The number of aryl methyl sites for hydroxylation is 1. The molecule has 5 nitrogen and oxygen atoms in total. The number of hydrogen-bond acceptors (Lipinski definition) is 3. The Morgan fingerprint density at radius 3 is 2.48 bits per heavy atom. The molecule has 0 saturated carbocycles. The lowest BCUT2D eigenvalue weighted by Crippen LogP contribution is -2.47. The first-order valence-electron chi connectivity index (χ1n) is 6.71. The second kappa shape index (κ2) is 6.67. The van der Waals surface area contributed by atoms with Crippen LogP contribution in [0, 0.1) is 18.7 Å². The van der Waals surface area contributed by atoms with Crippen LogP contribution in [0.5, 0.6) is 0 Å². The first-order chi connectivity index (χ1) is 9.63. The molecule has 1 aromatic rings.